The number of rotatable bonds is 18. The van der Waals surface area contributed by atoms with Crippen LogP contribution in [0.5, 0.6) is 0 Å². The van der Waals surface area contributed by atoms with Gasteiger partial charge in [0, 0.05) is 25.9 Å². The first-order valence-electron chi connectivity index (χ1n) is 10.3. The predicted octanol–water partition coefficient (Wildman–Crippen LogP) is 5.33. The summed E-state index contributed by atoms with van der Waals surface area (Å²) in [5, 5.41) is 0. The van der Waals surface area contributed by atoms with Crippen molar-refractivity contribution in [3.63, 3.8) is 0 Å². The highest BCUT2D eigenvalue weighted by molar-refractivity contribution is 6.60. The van der Waals surface area contributed by atoms with E-state index < -0.39 is 8.80 Å². The molecular weight excluding hydrogens is 320 g/mol. The van der Waals surface area contributed by atoms with Crippen LogP contribution in [-0.4, -0.2) is 41.3 Å². The third kappa shape index (κ3) is 10.8. The van der Waals surface area contributed by atoms with Gasteiger partial charge in [-0.2, -0.15) is 0 Å². The first kappa shape index (κ1) is 22.1. The fraction of sp³-hybridized carbons (Fsp3) is 1.00. The summed E-state index contributed by atoms with van der Waals surface area (Å²) in [6.07, 6.45) is 12.6. The van der Waals surface area contributed by atoms with E-state index in [1.807, 2.05) is 0 Å². The number of epoxide rings is 1. The highest BCUT2D eigenvalue weighted by atomic mass is 28.4. The Morgan fingerprint density at radius 1 is 0.750 bits per heavy atom. The minimum atomic E-state index is -2.46. The largest absolute Gasteiger partial charge is 0.500 e. The zero-order chi connectivity index (χ0) is 17.5. The third-order valence-corrected chi connectivity index (χ3v) is 7.14. The second-order valence-electron chi connectivity index (χ2n) is 6.84. The summed E-state index contributed by atoms with van der Waals surface area (Å²) < 4.78 is 23.7. The van der Waals surface area contributed by atoms with Crippen molar-refractivity contribution < 1.29 is 18.0 Å². The Balaban J connectivity index is 2.21. The molecule has 1 unspecified atom stereocenters. The van der Waals surface area contributed by atoms with Crippen LogP contribution in [0.15, 0.2) is 0 Å². The van der Waals surface area contributed by atoms with Crippen LogP contribution in [0.4, 0.5) is 0 Å². The molecule has 0 aromatic rings. The molecule has 1 saturated heterocycles. The van der Waals surface area contributed by atoms with Gasteiger partial charge in [0.15, 0.2) is 0 Å². The lowest BCUT2D eigenvalue weighted by Crippen LogP contribution is -2.46. The molecule has 1 atom stereocenters. The summed E-state index contributed by atoms with van der Waals surface area (Å²) in [6.45, 7) is 9.69. The van der Waals surface area contributed by atoms with Crippen molar-refractivity contribution in [3.8, 4) is 0 Å². The van der Waals surface area contributed by atoms with Gasteiger partial charge < -0.3 is 18.0 Å². The molecule has 0 aliphatic carbocycles. The maximum absolute atomic E-state index is 6.14. The smallest absolute Gasteiger partial charge is 0.373 e. The van der Waals surface area contributed by atoms with E-state index in [2.05, 4.69) is 20.8 Å². The van der Waals surface area contributed by atoms with Gasteiger partial charge in [-0.15, -0.1) is 0 Å². The van der Waals surface area contributed by atoms with E-state index in [1.165, 1.54) is 38.5 Å². The van der Waals surface area contributed by atoms with Crippen molar-refractivity contribution in [2.75, 3.05) is 26.4 Å². The van der Waals surface area contributed by atoms with E-state index in [4.69, 9.17) is 18.0 Å². The minimum absolute atomic E-state index is 0.596. The molecule has 1 rings (SSSR count). The van der Waals surface area contributed by atoms with Gasteiger partial charge in [0.05, 0.1) is 12.7 Å². The minimum Gasteiger partial charge on any atom is -0.373 e. The Bertz CT molecular complexity index is 263. The number of unbranched alkanes of at least 4 members (excludes halogenated alkanes) is 5. The van der Waals surface area contributed by atoms with Crippen molar-refractivity contribution >= 4 is 8.80 Å². The van der Waals surface area contributed by atoms with Gasteiger partial charge >= 0.3 is 8.80 Å². The van der Waals surface area contributed by atoms with Crippen molar-refractivity contribution in [2.24, 2.45) is 0 Å². The lowest BCUT2D eigenvalue weighted by molar-refractivity contribution is 0.0586. The van der Waals surface area contributed by atoms with Gasteiger partial charge in [0.1, 0.15) is 0 Å². The Kier molecular flexibility index (Phi) is 13.1. The number of hydrogen-bond acceptors (Lipinski definition) is 4. The topological polar surface area (TPSA) is 40.2 Å². The van der Waals surface area contributed by atoms with E-state index in [9.17, 15) is 0 Å². The highest BCUT2D eigenvalue weighted by Gasteiger charge is 2.40. The first-order valence-corrected chi connectivity index (χ1v) is 12.2. The molecule has 1 aliphatic rings. The monoisotopic (exact) mass is 360 g/mol. The van der Waals surface area contributed by atoms with E-state index >= 15 is 0 Å². The second kappa shape index (κ2) is 14.2. The summed E-state index contributed by atoms with van der Waals surface area (Å²) >= 11 is 0. The summed E-state index contributed by atoms with van der Waals surface area (Å²) in [6, 6.07) is 0.975. The average molecular weight is 361 g/mol. The molecule has 0 aromatic heterocycles. The van der Waals surface area contributed by atoms with Crippen LogP contribution in [0.25, 0.3) is 0 Å². The van der Waals surface area contributed by atoms with Crippen LogP contribution in [0.1, 0.15) is 85.0 Å². The molecular formula is C19H40O4Si. The van der Waals surface area contributed by atoms with Crippen molar-refractivity contribution in [1.29, 1.82) is 0 Å². The van der Waals surface area contributed by atoms with Gasteiger partial charge in [-0.3, -0.25) is 0 Å². The first-order chi connectivity index (χ1) is 11.8. The Labute approximate surface area is 151 Å². The van der Waals surface area contributed by atoms with Crippen molar-refractivity contribution in [3.05, 3.63) is 0 Å². The third-order valence-electron chi connectivity index (χ3n) is 4.24. The summed E-state index contributed by atoms with van der Waals surface area (Å²) in [7, 11) is -2.46. The van der Waals surface area contributed by atoms with Crippen LogP contribution in [0.3, 0.4) is 0 Å². The summed E-state index contributed by atoms with van der Waals surface area (Å²) in [5.74, 6) is 0. The van der Waals surface area contributed by atoms with Crippen LogP contribution < -0.4 is 0 Å². The van der Waals surface area contributed by atoms with Crippen molar-refractivity contribution in [1.82, 2.24) is 0 Å². The van der Waals surface area contributed by atoms with Crippen LogP contribution >= 0.6 is 0 Å². The summed E-state index contributed by atoms with van der Waals surface area (Å²) in [5.41, 5.74) is 0. The van der Waals surface area contributed by atoms with E-state index in [0.29, 0.717) is 6.10 Å². The molecule has 24 heavy (non-hydrogen) atoms. The molecule has 1 aliphatic heterocycles. The lowest BCUT2D eigenvalue weighted by atomic mass is 10.1. The highest BCUT2D eigenvalue weighted by Crippen LogP contribution is 2.22. The standard InChI is InChI=1S/C19H40O4Si/c1-4-14-21-24(22-15-5-2,23-16-6-3)17-12-10-8-7-9-11-13-19-18-20-19/h19H,4-18H2,1-3H3. The Morgan fingerprint density at radius 2 is 1.21 bits per heavy atom. The zero-order valence-electron chi connectivity index (χ0n) is 16.3. The molecule has 0 N–H and O–H groups in total. The Morgan fingerprint density at radius 3 is 1.67 bits per heavy atom. The zero-order valence-corrected chi connectivity index (χ0v) is 17.3. The molecule has 144 valence electrons. The molecule has 1 heterocycles. The molecule has 1 fully saturated rings. The van der Waals surface area contributed by atoms with E-state index in [0.717, 1.165) is 58.2 Å². The normalized spacial score (nSPS) is 17.4. The molecule has 0 amide bonds. The van der Waals surface area contributed by atoms with Gasteiger partial charge in [0.25, 0.3) is 0 Å². The molecule has 0 saturated carbocycles. The predicted molar refractivity (Wildman–Crippen MR) is 101 cm³/mol. The Hall–Kier alpha value is 0.0569. The van der Waals surface area contributed by atoms with Gasteiger partial charge in [-0.05, 0) is 32.1 Å². The molecule has 0 aromatic carbocycles. The van der Waals surface area contributed by atoms with Gasteiger partial charge in [-0.25, -0.2) is 0 Å². The second-order valence-corrected chi connectivity index (χ2v) is 9.58. The number of hydrogen-bond donors (Lipinski definition) is 0. The molecule has 0 bridgehead atoms. The molecule has 0 spiro atoms. The quantitative estimate of drug-likeness (QED) is 0.188. The van der Waals surface area contributed by atoms with E-state index in [1.54, 1.807) is 0 Å². The maximum atomic E-state index is 6.14. The average Bonchev–Trinajstić information content (AvgIpc) is 3.42. The van der Waals surface area contributed by atoms with E-state index in [-0.39, 0.29) is 0 Å². The van der Waals surface area contributed by atoms with Crippen LogP contribution in [0.2, 0.25) is 6.04 Å². The fourth-order valence-corrected chi connectivity index (χ4v) is 5.68. The van der Waals surface area contributed by atoms with Crippen molar-refractivity contribution in [2.45, 2.75) is 97.1 Å². The number of ether oxygens (including phenoxy) is 1. The molecule has 0 radical (unpaired) electrons. The molecule has 5 heteroatoms. The molecule has 4 nitrogen and oxygen atoms in total. The van der Waals surface area contributed by atoms with Gasteiger partial charge in [-0.1, -0.05) is 52.9 Å². The van der Waals surface area contributed by atoms with Crippen LogP contribution in [-0.2, 0) is 18.0 Å². The van der Waals surface area contributed by atoms with Crippen LogP contribution in [0, 0.1) is 0 Å². The lowest BCUT2D eigenvalue weighted by Gasteiger charge is -2.29. The fourth-order valence-electron chi connectivity index (χ4n) is 2.77. The summed E-state index contributed by atoms with van der Waals surface area (Å²) in [4.78, 5) is 0. The maximum Gasteiger partial charge on any atom is 0.500 e. The van der Waals surface area contributed by atoms with Gasteiger partial charge in [0.2, 0.25) is 0 Å². The SMILES string of the molecule is CCCO[Si](CCCCCCCCC1CO1)(OCCC)OCCC.